The summed E-state index contributed by atoms with van der Waals surface area (Å²) in [6, 6.07) is 2.98. The number of halogens is 4. The minimum Gasteiger partial charge on any atom is -0.441 e. The zero-order chi connectivity index (χ0) is 26.7. The zero-order valence-corrected chi connectivity index (χ0v) is 20.2. The number of ether oxygens (including phenoxy) is 3. The molecule has 11 nitrogen and oxygen atoms in total. The van der Waals surface area contributed by atoms with Crippen LogP contribution in [0.25, 0.3) is 5.52 Å². The van der Waals surface area contributed by atoms with Crippen molar-refractivity contribution in [2.75, 3.05) is 11.9 Å². The number of alkyl halides is 4. The normalized spacial score (nSPS) is 24.5. The molecule has 3 N–H and O–H groups in total. The molecule has 4 heterocycles. The Hall–Kier alpha value is -3.46. The van der Waals surface area contributed by atoms with Crippen LogP contribution < -0.4 is 10.6 Å². The number of alkyl carbamates (subject to hydrolysis) is 1. The van der Waals surface area contributed by atoms with Crippen molar-refractivity contribution in [3.05, 3.63) is 35.4 Å². The first-order chi connectivity index (χ1) is 18.1. The van der Waals surface area contributed by atoms with Crippen molar-refractivity contribution in [3.63, 3.8) is 0 Å². The van der Waals surface area contributed by atoms with E-state index in [1.165, 1.54) is 16.6 Å². The first-order valence-corrected chi connectivity index (χ1v) is 12.2. The number of aromatic amines is 1. The van der Waals surface area contributed by atoms with Crippen LogP contribution in [0.3, 0.4) is 0 Å². The third kappa shape index (κ3) is 5.38. The number of anilines is 2. The van der Waals surface area contributed by atoms with Crippen LogP contribution in [0.5, 0.6) is 0 Å². The van der Waals surface area contributed by atoms with Gasteiger partial charge in [-0.25, -0.2) is 18.7 Å². The minimum absolute atomic E-state index is 0.0771. The summed E-state index contributed by atoms with van der Waals surface area (Å²) in [7, 11) is 0. The van der Waals surface area contributed by atoms with E-state index >= 15 is 4.39 Å². The van der Waals surface area contributed by atoms with E-state index in [1.54, 1.807) is 6.20 Å². The number of hydrogen-bond acceptors (Lipinski definition) is 8. The van der Waals surface area contributed by atoms with E-state index in [9.17, 15) is 18.0 Å². The summed E-state index contributed by atoms with van der Waals surface area (Å²) < 4.78 is 68.7. The van der Waals surface area contributed by atoms with Crippen molar-refractivity contribution in [2.24, 2.45) is 0 Å². The van der Waals surface area contributed by atoms with E-state index in [-0.39, 0.29) is 29.6 Å². The van der Waals surface area contributed by atoms with Crippen molar-refractivity contribution in [2.45, 2.75) is 75.4 Å². The van der Waals surface area contributed by atoms with Gasteiger partial charge in [0.25, 0.3) is 0 Å². The number of nitrogens with one attached hydrogen (secondary N) is 3. The highest BCUT2D eigenvalue weighted by atomic mass is 19.4. The number of H-pyrrole nitrogens is 1. The van der Waals surface area contributed by atoms with E-state index < -0.39 is 37.4 Å². The number of amides is 1. The molecule has 0 bridgehead atoms. The second-order valence-electron chi connectivity index (χ2n) is 10.1. The number of carbonyl (C=O) groups excluding carboxylic acids is 1. The smallest absolute Gasteiger partial charge is 0.441 e. The van der Waals surface area contributed by atoms with Gasteiger partial charge in [0.1, 0.15) is 18.2 Å². The van der Waals surface area contributed by atoms with Gasteiger partial charge in [0.2, 0.25) is 0 Å². The summed E-state index contributed by atoms with van der Waals surface area (Å²) in [6.45, 7) is 1.04. The highest BCUT2D eigenvalue weighted by Gasteiger charge is 2.44. The molecule has 3 aromatic rings. The highest BCUT2D eigenvalue weighted by Crippen LogP contribution is 2.40. The van der Waals surface area contributed by atoms with Crippen molar-refractivity contribution in [1.29, 1.82) is 0 Å². The predicted molar refractivity (Wildman–Crippen MR) is 122 cm³/mol. The van der Waals surface area contributed by atoms with Gasteiger partial charge in [-0.15, -0.1) is 13.2 Å². The maximum atomic E-state index is 15.1. The summed E-state index contributed by atoms with van der Waals surface area (Å²) in [6.07, 6.45) is -3.88. The minimum atomic E-state index is -4.78. The fourth-order valence-corrected chi connectivity index (χ4v) is 4.29. The Balaban J connectivity index is 1.16. The third-order valence-electron chi connectivity index (χ3n) is 6.80. The highest BCUT2D eigenvalue weighted by molar-refractivity contribution is 5.73. The maximum Gasteiger partial charge on any atom is 0.522 e. The molecule has 15 heteroatoms. The molecule has 2 saturated carbocycles. The van der Waals surface area contributed by atoms with Crippen LogP contribution >= 0.6 is 0 Å². The van der Waals surface area contributed by atoms with Gasteiger partial charge in [-0.1, -0.05) is 0 Å². The Bertz CT molecular complexity index is 1350. The van der Waals surface area contributed by atoms with E-state index in [4.69, 9.17) is 9.47 Å². The molecule has 38 heavy (non-hydrogen) atoms. The molecule has 2 aliphatic carbocycles. The van der Waals surface area contributed by atoms with Gasteiger partial charge in [0.05, 0.1) is 29.9 Å². The lowest BCUT2D eigenvalue weighted by Gasteiger charge is -2.17. The van der Waals surface area contributed by atoms with E-state index in [1.807, 2.05) is 6.92 Å². The van der Waals surface area contributed by atoms with Gasteiger partial charge in [0, 0.05) is 17.5 Å². The molecular weight excluding hydrogens is 514 g/mol. The molecule has 0 radical (unpaired) electrons. The van der Waals surface area contributed by atoms with Crippen LogP contribution in [0.4, 0.5) is 34.0 Å². The summed E-state index contributed by atoms with van der Waals surface area (Å²) in [5, 5.41) is 16.8. The summed E-state index contributed by atoms with van der Waals surface area (Å²) in [5.74, 6) is 0.856. The molecule has 1 aliphatic heterocycles. The van der Waals surface area contributed by atoms with E-state index in [0.717, 1.165) is 31.4 Å². The van der Waals surface area contributed by atoms with Crippen LogP contribution in [0.15, 0.2) is 18.3 Å². The number of rotatable bonds is 8. The average molecular weight is 539 g/mol. The van der Waals surface area contributed by atoms with Gasteiger partial charge < -0.3 is 20.1 Å². The molecule has 3 aromatic heterocycles. The SMILES string of the molecule is CC1(NC(=O)O[C@H]2CO[C@@H](c3cc(Nc4nc(C5CC5)cn5nc(COC(F)(F)F)cc45)n[nH]3)[C@H]2F)CC1. The Labute approximate surface area is 213 Å². The fourth-order valence-electron chi connectivity index (χ4n) is 4.29. The lowest BCUT2D eigenvalue weighted by Crippen LogP contribution is -2.39. The second kappa shape index (κ2) is 9.08. The van der Waals surface area contributed by atoms with Crippen LogP contribution in [-0.2, 0) is 20.8 Å². The fraction of sp³-hybridized carbons (Fsp3) is 0.565. The lowest BCUT2D eigenvalue weighted by molar-refractivity contribution is -0.330. The molecule has 3 aliphatic rings. The van der Waals surface area contributed by atoms with E-state index in [0.29, 0.717) is 17.0 Å². The molecule has 204 valence electrons. The number of fused-ring (bicyclic) bond motifs is 1. The quantitative estimate of drug-likeness (QED) is 0.364. The molecule has 0 spiro atoms. The topological polar surface area (TPSA) is 128 Å². The molecule has 1 saturated heterocycles. The van der Waals surface area contributed by atoms with Gasteiger partial charge in [-0.2, -0.15) is 10.2 Å². The van der Waals surface area contributed by atoms with Crippen molar-refractivity contribution in [3.8, 4) is 0 Å². The van der Waals surface area contributed by atoms with Crippen molar-refractivity contribution >= 4 is 23.2 Å². The van der Waals surface area contributed by atoms with Crippen LogP contribution in [0.1, 0.15) is 61.7 Å². The van der Waals surface area contributed by atoms with Crippen molar-refractivity contribution < 1.29 is 36.6 Å². The van der Waals surface area contributed by atoms with Crippen LogP contribution in [-0.4, -0.2) is 61.7 Å². The molecule has 6 rings (SSSR count). The number of nitrogens with zero attached hydrogens (tertiary/aromatic N) is 4. The maximum absolute atomic E-state index is 15.1. The average Bonchev–Trinajstić information content (AvgIpc) is 3.68. The van der Waals surface area contributed by atoms with Gasteiger partial charge in [-0.3, -0.25) is 9.84 Å². The number of hydrogen-bond donors (Lipinski definition) is 3. The van der Waals surface area contributed by atoms with Crippen molar-refractivity contribution in [1.82, 2.24) is 30.1 Å². The predicted octanol–water partition coefficient (Wildman–Crippen LogP) is 4.17. The Morgan fingerprint density at radius 1 is 1.32 bits per heavy atom. The van der Waals surface area contributed by atoms with Gasteiger partial charge in [-0.05, 0) is 38.7 Å². The van der Waals surface area contributed by atoms with Crippen LogP contribution in [0.2, 0.25) is 0 Å². The lowest BCUT2D eigenvalue weighted by atomic mass is 10.1. The Morgan fingerprint density at radius 2 is 2.11 bits per heavy atom. The van der Waals surface area contributed by atoms with Crippen LogP contribution in [0, 0.1) is 0 Å². The molecule has 3 atom stereocenters. The monoisotopic (exact) mass is 539 g/mol. The first-order valence-electron chi connectivity index (χ1n) is 12.2. The standard InChI is InChI=1S/C23H25F4N7O4/c1-22(4-5-22)30-21(35)38-16-10-36-19(18(16)24)13-7-17(32-31-13)29-20-15-6-12(9-37-23(25,26)27)33-34(15)8-14(28-20)11-2-3-11/h6-8,11,16,18-19H,2-5,9-10H2,1H3,(H,30,35)(H2,28,29,31,32)/t16-,18-,19-/m0/s1. The molecule has 3 fully saturated rings. The molecule has 0 aromatic carbocycles. The summed E-state index contributed by atoms with van der Waals surface area (Å²) in [4.78, 5) is 16.7. The van der Waals surface area contributed by atoms with E-state index in [2.05, 4.69) is 35.7 Å². The summed E-state index contributed by atoms with van der Waals surface area (Å²) in [5.41, 5.74) is 1.27. The molecule has 0 unspecified atom stereocenters. The first kappa shape index (κ1) is 24.9. The largest absolute Gasteiger partial charge is 0.522 e. The zero-order valence-electron chi connectivity index (χ0n) is 20.2. The number of carbonyl (C=O) groups is 1. The number of aromatic nitrogens is 5. The Morgan fingerprint density at radius 3 is 2.82 bits per heavy atom. The second-order valence-corrected chi connectivity index (χ2v) is 10.1. The molecular formula is C23H25F4N7O4. The summed E-state index contributed by atoms with van der Waals surface area (Å²) >= 11 is 0. The molecule has 1 amide bonds. The Kier molecular flexibility index (Phi) is 5.94. The van der Waals surface area contributed by atoms with Gasteiger partial charge >= 0.3 is 12.5 Å². The third-order valence-corrected chi connectivity index (χ3v) is 6.80. The van der Waals surface area contributed by atoms with Gasteiger partial charge in [0.15, 0.2) is 23.9 Å².